The third kappa shape index (κ3) is 2.19. The Labute approximate surface area is 83.1 Å². The lowest BCUT2D eigenvalue weighted by Crippen LogP contribution is -2.29. The van der Waals surface area contributed by atoms with Crippen molar-refractivity contribution in [2.75, 3.05) is 0 Å². The molecule has 1 aromatic rings. The Hall–Kier alpha value is -1.08. The van der Waals surface area contributed by atoms with E-state index in [9.17, 15) is 0 Å². The molecular formula is C11H12ClN. The van der Waals surface area contributed by atoms with Crippen LogP contribution in [0.4, 0.5) is 0 Å². The Morgan fingerprint density at radius 3 is 2.77 bits per heavy atom. The van der Waals surface area contributed by atoms with E-state index < -0.39 is 0 Å². The molecule has 0 atom stereocenters. The molecule has 0 amide bonds. The zero-order chi connectivity index (χ0) is 9.84. The predicted octanol–water partition coefficient (Wildman–Crippen LogP) is 1.81. The Kier molecular flexibility index (Phi) is 3.26. The summed E-state index contributed by atoms with van der Waals surface area (Å²) >= 11 is 6.04. The minimum absolute atomic E-state index is 0.739. The fraction of sp³-hybridized carbons (Fsp3) is 0.182. The first-order valence-electron chi connectivity index (χ1n) is 4.11. The molecule has 0 radical (unpaired) electrons. The molecule has 68 valence electrons. The van der Waals surface area contributed by atoms with Crippen LogP contribution in [0.2, 0.25) is 5.02 Å². The molecule has 0 aliphatic carbocycles. The van der Waals surface area contributed by atoms with Gasteiger partial charge in [0.15, 0.2) is 0 Å². The van der Waals surface area contributed by atoms with Crippen LogP contribution in [0.3, 0.4) is 0 Å². The molecule has 1 aromatic heterocycles. The first kappa shape index (κ1) is 10.0. The molecule has 0 unspecified atom stereocenters. The van der Waals surface area contributed by atoms with E-state index in [1.54, 1.807) is 6.08 Å². The van der Waals surface area contributed by atoms with E-state index in [4.69, 9.17) is 11.6 Å². The van der Waals surface area contributed by atoms with Crippen molar-refractivity contribution in [3.8, 4) is 0 Å². The van der Waals surface area contributed by atoms with Gasteiger partial charge in [-0.15, -0.1) is 0 Å². The van der Waals surface area contributed by atoms with E-state index in [1.807, 2.05) is 32.1 Å². The molecule has 2 heteroatoms. The average molecular weight is 194 g/mol. The van der Waals surface area contributed by atoms with E-state index in [1.165, 1.54) is 0 Å². The number of nitrogens with zero attached hydrogens (tertiary/aromatic N) is 1. The van der Waals surface area contributed by atoms with Gasteiger partial charge in [0.25, 0.3) is 0 Å². The quantitative estimate of drug-likeness (QED) is 0.663. The summed E-state index contributed by atoms with van der Waals surface area (Å²) in [5, 5.41) is 2.58. The molecule has 0 fully saturated rings. The molecule has 0 aliphatic rings. The molecule has 13 heavy (non-hydrogen) atoms. The summed E-state index contributed by atoms with van der Waals surface area (Å²) in [6.07, 6.45) is 5.52. The zero-order valence-electron chi connectivity index (χ0n) is 7.84. The first-order valence-corrected chi connectivity index (χ1v) is 4.49. The first-order chi connectivity index (χ1) is 6.19. The van der Waals surface area contributed by atoms with Crippen LogP contribution in [0.15, 0.2) is 18.7 Å². The van der Waals surface area contributed by atoms with Crippen LogP contribution in [-0.4, -0.2) is 4.98 Å². The fourth-order valence-electron chi connectivity index (χ4n) is 1.19. The lowest BCUT2D eigenvalue weighted by molar-refractivity contribution is 1.13. The van der Waals surface area contributed by atoms with Crippen LogP contribution >= 0.6 is 11.6 Å². The summed E-state index contributed by atoms with van der Waals surface area (Å²) < 4.78 is 0. The van der Waals surface area contributed by atoms with Gasteiger partial charge in [-0.1, -0.05) is 30.3 Å². The molecule has 0 bridgehead atoms. The molecule has 1 nitrogen and oxygen atoms in total. The van der Waals surface area contributed by atoms with Crippen molar-refractivity contribution in [1.82, 2.24) is 4.98 Å². The van der Waals surface area contributed by atoms with Crippen molar-refractivity contribution in [2.24, 2.45) is 0 Å². The van der Waals surface area contributed by atoms with E-state index in [0.717, 1.165) is 21.3 Å². The molecule has 0 saturated heterocycles. The molecular weight excluding hydrogens is 182 g/mol. The molecule has 0 aliphatic heterocycles. The lowest BCUT2D eigenvalue weighted by Gasteiger charge is -1.96. The molecule has 1 heterocycles. The molecule has 1 rings (SSSR count). The molecule has 0 N–H and O–H groups in total. The molecule has 0 aromatic carbocycles. The number of hydrogen-bond acceptors (Lipinski definition) is 1. The van der Waals surface area contributed by atoms with Gasteiger partial charge in [0.05, 0.1) is 10.4 Å². The monoisotopic (exact) mass is 193 g/mol. The highest BCUT2D eigenvalue weighted by Crippen LogP contribution is 1.99. The summed E-state index contributed by atoms with van der Waals surface area (Å²) in [6, 6.07) is 1.86. The Balaban J connectivity index is 3.68. The van der Waals surface area contributed by atoms with Crippen molar-refractivity contribution in [2.45, 2.75) is 13.8 Å². The van der Waals surface area contributed by atoms with Crippen LogP contribution in [0.1, 0.15) is 12.6 Å². The van der Waals surface area contributed by atoms with Gasteiger partial charge < -0.3 is 0 Å². The van der Waals surface area contributed by atoms with Gasteiger partial charge in [-0.3, -0.25) is 4.98 Å². The van der Waals surface area contributed by atoms with Crippen molar-refractivity contribution < 1.29 is 0 Å². The number of aromatic nitrogens is 1. The van der Waals surface area contributed by atoms with Gasteiger partial charge in [0.2, 0.25) is 0 Å². The number of aryl methyl sites for hydroxylation is 1. The van der Waals surface area contributed by atoms with Crippen LogP contribution in [0.5, 0.6) is 0 Å². The van der Waals surface area contributed by atoms with Gasteiger partial charge >= 0.3 is 0 Å². The normalized spacial score (nSPS) is 13.5. The van der Waals surface area contributed by atoms with Crippen LogP contribution in [0, 0.1) is 6.92 Å². The predicted molar refractivity (Wildman–Crippen MR) is 58.0 cm³/mol. The summed E-state index contributed by atoms with van der Waals surface area (Å²) in [6.45, 7) is 7.50. The van der Waals surface area contributed by atoms with Crippen molar-refractivity contribution in [3.63, 3.8) is 0 Å². The third-order valence-electron chi connectivity index (χ3n) is 1.73. The van der Waals surface area contributed by atoms with Gasteiger partial charge in [0.1, 0.15) is 0 Å². The zero-order valence-corrected chi connectivity index (χ0v) is 8.60. The minimum Gasteiger partial charge on any atom is -0.253 e. The number of allylic oxidation sites excluding steroid dienone is 1. The second-order valence-corrected chi connectivity index (χ2v) is 3.14. The van der Waals surface area contributed by atoms with E-state index in [2.05, 4.69) is 11.6 Å². The van der Waals surface area contributed by atoms with Crippen molar-refractivity contribution >= 4 is 23.8 Å². The van der Waals surface area contributed by atoms with Gasteiger partial charge in [-0.2, -0.15) is 0 Å². The van der Waals surface area contributed by atoms with Crippen molar-refractivity contribution in [3.05, 3.63) is 40.0 Å². The summed E-state index contributed by atoms with van der Waals surface area (Å²) in [7, 11) is 0. The average Bonchev–Trinajstić information content (AvgIpc) is 2.04. The maximum atomic E-state index is 6.04. The number of rotatable bonds is 1. The smallest absolute Gasteiger partial charge is 0.0716 e. The SMILES string of the molecule is C=C/C=c1/nc(C)cc(Cl)/c1=C/C. The number of pyridine rings is 1. The number of hydrogen-bond donors (Lipinski definition) is 0. The van der Waals surface area contributed by atoms with Crippen molar-refractivity contribution in [1.29, 1.82) is 0 Å². The highest BCUT2D eigenvalue weighted by molar-refractivity contribution is 6.30. The topological polar surface area (TPSA) is 12.9 Å². The Morgan fingerprint density at radius 2 is 2.23 bits per heavy atom. The second-order valence-electron chi connectivity index (χ2n) is 2.74. The lowest BCUT2D eigenvalue weighted by atomic mass is 10.3. The van der Waals surface area contributed by atoms with E-state index in [-0.39, 0.29) is 0 Å². The maximum absolute atomic E-state index is 6.04. The van der Waals surface area contributed by atoms with Crippen LogP contribution < -0.4 is 10.6 Å². The second kappa shape index (κ2) is 4.24. The largest absolute Gasteiger partial charge is 0.253 e. The maximum Gasteiger partial charge on any atom is 0.0716 e. The van der Waals surface area contributed by atoms with Crippen LogP contribution in [0.25, 0.3) is 12.2 Å². The summed E-state index contributed by atoms with van der Waals surface area (Å²) in [4.78, 5) is 4.35. The summed E-state index contributed by atoms with van der Waals surface area (Å²) in [5.41, 5.74) is 0.920. The number of halogens is 1. The fourth-order valence-corrected chi connectivity index (χ4v) is 1.55. The molecule has 0 spiro atoms. The van der Waals surface area contributed by atoms with Gasteiger partial charge in [-0.05, 0) is 26.0 Å². The highest BCUT2D eigenvalue weighted by atomic mass is 35.5. The highest BCUT2D eigenvalue weighted by Gasteiger charge is 1.94. The van der Waals surface area contributed by atoms with Crippen LogP contribution in [-0.2, 0) is 0 Å². The van der Waals surface area contributed by atoms with Gasteiger partial charge in [0, 0.05) is 10.9 Å². The Morgan fingerprint density at radius 1 is 1.54 bits per heavy atom. The molecule has 0 saturated carbocycles. The summed E-state index contributed by atoms with van der Waals surface area (Å²) in [5.74, 6) is 0. The van der Waals surface area contributed by atoms with E-state index >= 15 is 0 Å². The van der Waals surface area contributed by atoms with Gasteiger partial charge in [-0.25, -0.2) is 0 Å². The minimum atomic E-state index is 0.739. The third-order valence-corrected chi connectivity index (χ3v) is 2.04. The Bertz CT molecular complexity index is 432. The standard InChI is InChI=1S/C11H12ClN/c1-4-6-11-9(5-2)10(12)7-8(3)13-11/h4-7H,1H2,2-3H3/b9-5-,11-6+. The van der Waals surface area contributed by atoms with E-state index in [0.29, 0.717) is 0 Å².